The van der Waals surface area contributed by atoms with Gasteiger partial charge in [-0.1, -0.05) is 48.5 Å². The molecule has 20 heavy (non-hydrogen) atoms. The Morgan fingerprint density at radius 3 is 2.20 bits per heavy atom. The summed E-state index contributed by atoms with van der Waals surface area (Å²) in [6.07, 6.45) is 1.06. The van der Waals surface area contributed by atoms with Crippen molar-refractivity contribution in [3.8, 4) is 0 Å². The number of nitrogens with zero attached hydrogens (tertiary/aromatic N) is 3. The van der Waals surface area contributed by atoms with Crippen molar-refractivity contribution in [3.63, 3.8) is 0 Å². The van der Waals surface area contributed by atoms with E-state index in [1.54, 1.807) is 0 Å². The van der Waals surface area contributed by atoms with Gasteiger partial charge in [-0.25, -0.2) is 4.90 Å². The number of rotatable bonds is 5. The van der Waals surface area contributed by atoms with Crippen molar-refractivity contribution in [3.05, 3.63) is 71.2 Å². The predicted octanol–water partition coefficient (Wildman–Crippen LogP) is 3.46. The van der Waals surface area contributed by atoms with E-state index in [4.69, 9.17) is 5.39 Å². The maximum atomic E-state index is 12.3. The van der Waals surface area contributed by atoms with Crippen LogP contribution in [0, 0.1) is 5.39 Å². The topological polar surface area (TPSA) is 48.5 Å². The van der Waals surface area contributed by atoms with Gasteiger partial charge in [-0.2, -0.15) is 0 Å². The second kappa shape index (κ2) is 7.05. The number of aryl methyl sites for hydroxylation is 1. The zero-order chi connectivity index (χ0) is 14.2. The SMILES string of the molecule is N#[N+]CN(C(=O)CCc1ccccc1)c1ccccc1. The van der Waals surface area contributed by atoms with E-state index in [0.29, 0.717) is 12.8 Å². The fraction of sp³-hybridized carbons (Fsp3) is 0.188. The molecule has 0 heterocycles. The fourth-order valence-corrected chi connectivity index (χ4v) is 2.01. The molecule has 0 aliphatic carbocycles. The summed E-state index contributed by atoms with van der Waals surface area (Å²) in [4.78, 5) is 16.8. The fourth-order valence-electron chi connectivity index (χ4n) is 2.01. The normalized spacial score (nSPS) is 9.75. The molecule has 1 amide bonds. The third kappa shape index (κ3) is 3.66. The minimum atomic E-state index is -0.0575. The smallest absolute Gasteiger partial charge is 0.274 e. The highest BCUT2D eigenvalue weighted by atomic mass is 16.2. The number of diazo groups is 1. The van der Waals surface area contributed by atoms with E-state index < -0.39 is 0 Å². The molecule has 0 aromatic heterocycles. The Hall–Kier alpha value is -2.67. The molecular weight excluding hydrogens is 250 g/mol. The molecule has 0 aliphatic heterocycles. The van der Waals surface area contributed by atoms with Crippen molar-refractivity contribution in [1.29, 1.82) is 5.39 Å². The number of hydrogen-bond donors (Lipinski definition) is 0. The Labute approximate surface area is 118 Å². The standard InChI is InChI=1S/C16H16N3O/c17-18-13-19(15-9-5-2-6-10-15)16(20)12-11-14-7-3-1-4-8-14/h1-10H,11-13H2/q+1. The molecular formula is C16H16N3O+. The number of anilines is 1. The lowest BCUT2D eigenvalue weighted by Crippen LogP contribution is -2.30. The minimum Gasteiger partial charge on any atom is -0.274 e. The molecule has 0 atom stereocenters. The van der Waals surface area contributed by atoms with E-state index in [1.165, 1.54) is 4.90 Å². The largest absolute Gasteiger partial charge is 0.387 e. The second-order valence-electron chi connectivity index (χ2n) is 4.43. The third-order valence-corrected chi connectivity index (χ3v) is 3.04. The van der Waals surface area contributed by atoms with Gasteiger partial charge in [0, 0.05) is 6.42 Å². The summed E-state index contributed by atoms with van der Waals surface area (Å²) in [5.74, 6) is -0.0575. The summed E-state index contributed by atoms with van der Waals surface area (Å²) >= 11 is 0. The number of hydrogen-bond acceptors (Lipinski definition) is 2. The first-order valence-electron chi connectivity index (χ1n) is 6.51. The summed E-state index contributed by atoms with van der Waals surface area (Å²) in [5.41, 5.74) is 1.86. The van der Waals surface area contributed by atoms with Gasteiger partial charge >= 0.3 is 6.67 Å². The highest BCUT2D eigenvalue weighted by Crippen LogP contribution is 2.15. The maximum absolute atomic E-state index is 12.3. The van der Waals surface area contributed by atoms with Crippen LogP contribution in [0.3, 0.4) is 0 Å². The van der Waals surface area contributed by atoms with Crippen LogP contribution in [0.25, 0.3) is 4.98 Å². The molecule has 2 aromatic carbocycles. The van der Waals surface area contributed by atoms with E-state index in [1.807, 2.05) is 60.7 Å². The highest BCUT2D eigenvalue weighted by molar-refractivity contribution is 5.93. The van der Waals surface area contributed by atoms with Gasteiger partial charge in [-0.3, -0.25) is 4.79 Å². The summed E-state index contributed by atoms with van der Waals surface area (Å²) in [7, 11) is 0. The van der Waals surface area contributed by atoms with Crippen molar-refractivity contribution < 1.29 is 4.79 Å². The van der Waals surface area contributed by atoms with Gasteiger partial charge < -0.3 is 0 Å². The number of benzene rings is 2. The molecule has 0 bridgehead atoms. The Kier molecular flexibility index (Phi) is 4.85. The molecule has 0 saturated heterocycles. The first kappa shape index (κ1) is 13.8. The summed E-state index contributed by atoms with van der Waals surface area (Å²) in [6, 6.07) is 19.1. The number of carbonyl (C=O) groups excluding carboxylic acids is 1. The number of carbonyl (C=O) groups is 1. The van der Waals surface area contributed by atoms with Gasteiger partial charge in [0.15, 0.2) is 0 Å². The summed E-state index contributed by atoms with van der Waals surface area (Å²) in [5, 5.41) is 8.76. The molecule has 4 heteroatoms. The van der Waals surface area contributed by atoms with Gasteiger partial charge in [0.2, 0.25) is 11.3 Å². The van der Waals surface area contributed by atoms with Gasteiger partial charge in [0.1, 0.15) is 4.98 Å². The van der Waals surface area contributed by atoms with E-state index in [2.05, 4.69) is 4.98 Å². The zero-order valence-electron chi connectivity index (χ0n) is 11.1. The Morgan fingerprint density at radius 2 is 1.60 bits per heavy atom. The van der Waals surface area contributed by atoms with Crippen molar-refractivity contribution in [2.75, 3.05) is 11.6 Å². The minimum absolute atomic E-state index is 0.0440. The van der Waals surface area contributed by atoms with Gasteiger partial charge in [-0.05, 0) is 24.1 Å². The Balaban J connectivity index is 2.03. The van der Waals surface area contributed by atoms with Crippen molar-refractivity contribution >= 4 is 11.6 Å². The van der Waals surface area contributed by atoms with Crippen LogP contribution < -0.4 is 4.90 Å². The van der Waals surface area contributed by atoms with Crippen LogP contribution in [0.4, 0.5) is 5.69 Å². The maximum Gasteiger partial charge on any atom is 0.387 e. The summed E-state index contributed by atoms with van der Waals surface area (Å²) in [6.45, 7) is -0.0440. The first-order chi connectivity index (χ1) is 9.81. The van der Waals surface area contributed by atoms with Gasteiger partial charge in [-0.15, -0.1) is 0 Å². The first-order valence-corrected chi connectivity index (χ1v) is 6.51. The van der Waals surface area contributed by atoms with E-state index in [-0.39, 0.29) is 12.6 Å². The quantitative estimate of drug-likeness (QED) is 0.778. The molecule has 0 fully saturated rings. The molecule has 0 spiro atoms. The highest BCUT2D eigenvalue weighted by Gasteiger charge is 2.19. The average molecular weight is 266 g/mol. The van der Waals surface area contributed by atoms with Crippen LogP contribution in [0.5, 0.6) is 0 Å². The lowest BCUT2D eigenvalue weighted by atomic mass is 10.1. The molecule has 4 nitrogen and oxygen atoms in total. The van der Waals surface area contributed by atoms with Crippen LogP contribution in [0.2, 0.25) is 0 Å². The number of para-hydroxylation sites is 1. The van der Waals surface area contributed by atoms with Crippen molar-refractivity contribution in [2.24, 2.45) is 0 Å². The molecule has 0 saturated carbocycles. The molecule has 0 aliphatic rings. The molecule has 0 unspecified atom stereocenters. The molecule has 2 rings (SSSR count). The monoisotopic (exact) mass is 266 g/mol. The Bertz CT molecular complexity index is 590. The predicted molar refractivity (Wildman–Crippen MR) is 78.6 cm³/mol. The van der Waals surface area contributed by atoms with Crippen LogP contribution in [-0.2, 0) is 11.2 Å². The van der Waals surface area contributed by atoms with E-state index >= 15 is 0 Å². The van der Waals surface area contributed by atoms with Gasteiger partial charge in [0.25, 0.3) is 0 Å². The van der Waals surface area contributed by atoms with Crippen LogP contribution >= 0.6 is 0 Å². The van der Waals surface area contributed by atoms with Crippen LogP contribution in [-0.4, -0.2) is 12.6 Å². The van der Waals surface area contributed by atoms with Gasteiger partial charge in [0.05, 0.1) is 5.69 Å². The number of amides is 1. The van der Waals surface area contributed by atoms with Crippen molar-refractivity contribution in [1.82, 2.24) is 0 Å². The molecule has 0 N–H and O–H groups in total. The molecule has 2 aromatic rings. The zero-order valence-corrected chi connectivity index (χ0v) is 11.1. The second-order valence-corrected chi connectivity index (χ2v) is 4.43. The van der Waals surface area contributed by atoms with E-state index in [0.717, 1.165) is 11.3 Å². The Morgan fingerprint density at radius 1 is 1.00 bits per heavy atom. The third-order valence-electron chi connectivity index (χ3n) is 3.04. The van der Waals surface area contributed by atoms with E-state index in [9.17, 15) is 4.79 Å². The lowest BCUT2D eigenvalue weighted by molar-refractivity contribution is -0.118. The molecule has 100 valence electrons. The molecule has 0 radical (unpaired) electrons. The van der Waals surface area contributed by atoms with Crippen LogP contribution in [0.1, 0.15) is 12.0 Å². The van der Waals surface area contributed by atoms with Crippen LogP contribution in [0.15, 0.2) is 60.7 Å². The summed E-state index contributed by atoms with van der Waals surface area (Å²) < 4.78 is 0. The average Bonchev–Trinajstić information content (AvgIpc) is 2.52. The van der Waals surface area contributed by atoms with Crippen molar-refractivity contribution in [2.45, 2.75) is 12.8 Å². The lowest BCUT2D eigenvalue weighted by Gasteiger charge is -2.15.